The predicted octanol–water partition coefficient (Wildman–Crippen LogP) is 2.29. The Morgan fingerprint density at radius 3 is 2.53 bits per heavy atom. The normalized spacial score (nSPS) is 10.2. The molecule has 1 heterocycles. The zero-order valence-electron chi connectivity index (χ0n) is 8.64. The second kappa shape index (κ2) is 4.09. The van der Waals surface area contributed by atoms with Gasteiger partial charge in [0.15, 0.2) is 0 Å². The van der Waals surface area contributed by atoms with Gasteiger partial charge in [-0.2, -0.15) is 0 Å². The number of aryl methyl sites for hydroxylation is 1. The minimum Gasteiger partial charge on any atom is -0.368 e. The van der Waals surface area contributed by atoms with E-state index in [9.17, 15) is 0 Å². The molecular weight excluding hydrogens is 186 g/mol. The van der Waals surface area contributed by atoms with Crippen molar-refractivity contribution in [2.75, 3.05) is 5.73 Å². The molecule has 0 amide bonds. The van der Waals surface area contributed by atoms with Crippen LogP contribution in [0.5, 0.6) is 0 Å². The first-order valence-corrected chi connectivity index (χ1v) is 4.96. The van der Waals surface area contributed by atoms with Gasteiger partial charge in [0, 0.05) is 18.0 Å². The van der Waals surface area contributed by atoms with Crippen LogP contribution in [0.3, 0.4) is 0 Å². The van der Waals surface area contributed by atoms with Gasteiger partial charge in [-0.05, 0) is 17.5 Å². The fourth-order valence-electron chi connectivity index (χ4n) is 1.46. The van der Waals surface area contributed by atoms with Crippen molar-refractivity contribution in [2.24, 2.45) is 0 Å². The van der Waals surface area contributed by atoms with Crippen molar-refractivity contribution in [1.82, 2.24) is 9.97 Å². The number of aromatic nitrogens is 2. The van der Waals surface area contributed by atoms with Crippen LogP contribution in [0.15, 0.2) is 36.7 Å². The van der Waals surface area contributed by atoms with Crippen LogP contribution in [-0.4, -0.2) is 9.97 Å². The van der Waals surface area contributed by atoms with E-state index in [4.69, 9.17) is 5.73 Å². The molecule has 15 heavy (non-hydrogen) atoms. The van der Waals surface area contributed by atoms with E-state index in [1.54, 1.807) is 12.4 Å². The van der Waals surface area contributed by atoms with E-state index in [0.29, 0.717) is 5.95 Å². The SMILES string of the molecule is CCc1cccc(-c2cnc(N)nc2)c1. The first-order valence-electron chi connectivity index (χ1n) is 4.96. The molecule has 1 aromatic carbocycles. The third-order valence-corrected chi connectivity index (χ3v) is 2.34. The number of hydrogen-bond donors (Lipinski definition) is 1. The Morgan fingerprint density at radius 2 is 1.87 bits per heavy atom. The number of rotatable bonds is 2. The topological polar surface area (TPSA) is 51.8 Å². The molecule has 0 atom stereocenters. The molecule has 0 unspecified atom stereocenters. The largest absolute Gasteiger partial charge is 0.368 e. The molecule has 0 fully saturated rings. The Kier molecular flexibility index (Phi) is 2.63. The van der Waals surface area contributed by atoms with Crippen molar-refractivity contribution >= 4 is 5.95 Å². The van der Waals surface area contributed by atoms with E-state index in [0.717, 1.165) is 17.5 Å². The Bertz CT molecular complexity index is 449. The van der Waals surface area contributed by atoms with E-state index in [-0.39, 0.29) is 0 Å². The molecule has 1 aromatic heterocycles. The van der Waals surface area contributed by atoms with Crippen LogP contribution in [-0.2, 0) is 6.42 Å². The van der Waals surface area contributed by atoms with Crippen LogP contribution < -0.4 is 5.73 Å². The van der Waals surface area contributed by atoms with Crippen molar-refractivity contribution in [1.29, 1.82) is 0 Å². The molecule has 76 valence electrons. The molecule has 0 radical (unpaired) electrons. The molecular formula is C12H13N3. The van der Waals surface area contributed by atoms with Gasteiger partial charge in [-0.3, -0.25) is 0 Å². The van der Waals surface area contributed by atoms with Gasteiger partial charge in [-0.25, -0.2) is 9.97 Å². The van der Waals surface area contributed by atoms with E-state index in [1.807, 2.05) is 12.1 Å². The predicted molar refractivity (Wildman–Crippen MR) is 61.3 cm³/mol. The Morgan fingerprint density at radius 1 is 1.13 bits per heavy atom. The number of nitrogens with zero attached hydrogens (tertiary/aromatic N) is 2. The van der Waals surface area contributed by atoms with E-state index < -0.39 is 0 Å². The summed E-state index contributed by atoms with van der Waals surface area (Å²) in [5.41, 5.74) is 8.88. The fourth-order valence-corrected chi connectivity index (χ4v) is 1.46. The van der Waals surface area contributed by atoms with Gasteiger partial charge in [0.2, 0.25) is 5.95 Å². The van der Waals surface area contributed by atoms with Crippen LogP contribution in [0.4, 0.5) is 5.95 Å². The molecule has 0 saturated heterocycles. The zero-order valence-corrected chi connectivity index (χ0v) is 8.64. The minimum atomic E-state index is 0.311. The van der Waals surface area contributed by atoms with E-state index in [1.165, 1.54) is 5.56 Å². The third kappa shape index (κ3) is 2.13. The Balaban J connectivity index is 2.40. The molecule has 0 saturated carbocycles. The molecule has 0 bridgehead atoms. The smallest absolute Gasteiger partial charge is 0.219 e. The summed E-state index contributed by atoms with van der Waals surface area (Å²) in [5.74, 6) is 0.311. The summed E-state index contributed by atoms with van der Waals surface area (Å²) in [5, 5.41) is 0. The Hall–Kier alpha value is -1.90. The van der Waals surface area contributed by atoms with E-state index in [2.05, 4.69) is 29.0 Å². The highest BCUT2D eigenvalue weighted by atomic mass is 15.0. The molecule has 3 nitrogen and oxygen atoms in total. The van der Waals surface area contributed by atoms with Gasteiger partial charge in [-0.1, -0.05) is 31.2 Å². The Labute approximate surface area is 89.0 Å². The molecule has 0 aliphatic heterocycles. The average molecular weight is 199 g/mol. The van der Waals surface area contributed by atoms with E-state index >= 15 is 0 Å². The summed E-state index contributed by atoms with van der Waals surface area (Å²) >= 11 is 0. The lowest BCUT2D eigenvalue weighted by Gasteiger charge is -2.03. The van der Waals surface area contributed by atoms with Crippen molar-refractivity contribution in [3.63, 3.8) is 0 Å². The maximum absolute atomic E-state index is 5.44. The van der Waals surface area contributed by atoms with Gasteiger partial charge in [0.1, 0.15) is 0 Å². The van der Waals surface area contributed by atoms with Gasteiger partial charge in [-0.15, -0.1) is 0 Å². The van der Waals surface area contributed by atoms with Gasteiger partial charge < -0.3 is 5.73 Å². The van der Waals surface area contributed by atoms with Gasteiger partial charge in [0.05, 0.1) is 0 Å². The standard InChI is InChI=1S/C12H13N3/c1-2-9-4-3-5-10(6-9)11-7-14-12(13)15-8-11/h3-8H,2H2,1H3,(H2,13,14,15). The van der Waals surface area contributed by atoms with Crippen molar-refractivity contribution < 1.29 is 0 Å². The highest BCUT2D eigenvalue weighted by molar-refractivity contribution is 5.62. The van der Waals surface area contributed by atoms with Crippen LogP contribution in [0, 0.1) is 0 Å². The molecule has 2 N–H and O–H groups in total. The summed E-state index contributed by atoms with van der Waals surface area (Å²) in [4.78, 5) is 7.96. The summed E-state index contributed by atoms with van der Waals surface area (Å²) in [6.07, 6.45) is 4.53. The quantitative estimate of drug-likeness (QED) is 0.807. The maximum Gasteiger partial charge on any atom is 0.219 e. The monoisotopic (exact) mass is 199 g/mol. The molecule has 2 rings (SSSR count). The van der Waals surface area contributed by atoms with Crippen LogP contribution in [0.1, 0.15) is 12.5 Å². The molecule has 0 aliphatic rings. The van der Waals surface area contributed by atoms with Crippen LogP contribution >= 0.6 is 0 Å². The van der Waals surface area contributed by atoms with Crippen molar-refractivity contribution in [3.05, 3.63) is 42.2 Å². The lowest BCUT2D eigenvalue weighted by atomic mass is 10.0. The maximum atomic E-state index is 5.44. The summed E-state index contributed by atoms with van der Waals surface area (Å²) in [6, 6.07) is 8.36. The number of nitrogens with two attached hydrogens (primary N) is 1. The lowest BCUT2D eigenvalue weighted by molar-refractivity contribution is 1.14. The second-order valence-electron chi connectivity index (χ2n) is 3.38. The summed E-state index contributed by atoms with van der Waals surface area (Å²) in [6.45, 7) is 2.14. The fraction of sp³-hybridized carbons (Fsp3) is 0.167. The number of hydrogen-bond acceptors (Lipinski definition) is 3. The number of benzene rings is 1. The van der Waals surface area contributed by atoms with Crippen molar-refractivity contribution in [3.8, 4) is 11.1 Å². The average Bonchev–Trinajstić information content (AvgIpc) is 2.30. The molecule has 3 heteroatoms. The lowest BCUT2D eigenvalue weighted by Crippen LogP contribution is -1.93. The summed E-state index contributed by atoms with van der Waals surface area (Å²) in [7, 11) is 0. The number of anilines is 1. The molecule has 0 aliphatic carbocycles. The number of nitrogen functional groups attached to an aromatic ring is 1. The van der Waals surface area contributed by atoms with Crippen LogP contribution in [0.25, 0.3) is 11.1 Å². The first-order chi connectivity index (χ1) is 7.29. The van der Waals surface area contributed by atoms with Crippen molar-refractivity contribution in [2.45, 2.75) is 13.3 Å². The van der Waals surface area contributed by atoms with Gasteiger partial charge in [0.25, 0.3) is 0 Å². The van der Waals surface area contributed by atoms with Crippen LogP contribution in [0.2, 0.25) is 0 Å². The highest BCUT2D eigenvalue weighted by Crippen LogP contribution is 2.19. The summed E-state index contributed by atoms with van der Waals surface area (Å²) < 4.78 is 0. The van der Waals surface area contributed by atoms with Gasteiger partial charge >= 0.3 is 0 Å². The molecule has 2 aromatic rings. The highest BCUT2D eigenvalue weighted by Gasteiger charge is 1.99. The second-order valence-corrected chi connectivity index (χ2v) is 3.38. The first kappa shape index (κ1) is 9.65. The zero-order chi connectivity index (χ0) is 10.7. The molecule has 0 spiro atoms. The third-order valence-electron chi connectivity index (χ3n) is 2.34. The minimum absolute atomic E-state index is 0.311.